The molecule has 1 aromatic heterocycles. The highest BCUT2D eigenvalue weighted by Gasteiger charge is 2.18. The van der Waals surface area contributed by atoms with Crippen molar-refractivity contribution in [1.29, 1.82) is 0 Å². The van der Waals surface area contributed by atoms with Crippen LogP contribution in [0, 0.1) is 0 Å². The quantitative estimate of drug-likeness (QED) is 0.842. The van der Waals surface area contributed by atoms with Crippen LogP contribution in [0.4, 0.5) is 0 Å². The summed E-state index contributed by atoms with van der Waals surface area (Å²) in [6, 6.07) is 9.87. The van der Waals surface area contributed by atoms with Crippen molar-refractivity contribution in [3.8, 4) is 0 Å². The number of H-pyrrole nitrogens is 1. The van der Waals surface area contributed by atoms with Crippen LogP contribution in [0.1, 0.15) is 24.6 Å². The third kappa shape index (κ3) is 2.41. The van der Waals surface area contributed by atoms with Crippen LogP contribution in [0.5, 0.6) is 0 Å². The molecule has 2 atom stereocenters. The molecule has 0 amide bonds. The third-order valence-corrected chi connectivity index (χ3v) is 2.89. The number of aromatic amines is 1. The zero-order chi connectivity index (χ0) is 13.1. The van der Waals surface area contributed by atoms with E-state index in [0.717, 1.165) is 5.56 Å². The van der Waals surface area contributed by atoms with Crippen molar-refractivity contribution in [2.45, 2.75) is 19.1 Å². The first-order valence-corrected chi connectivity index (χ1v) is 5.64. The summed E-state index contributed by atoms with van der Waals surface area (Å²) >= 11 is 0. The van der Waals surface area contributed by atoms with E-state index in [2.05, 4.69) is 4.98 Å². The van der Waals surface area contributed by atoms with Gasteiger partial charge in [0.25, 0.3) is 5.56 Å². The molecule has 1 aromatic carbocycles. The fourth-order valence-electron chi connectivity index (χ4n) is 1.83. The van der Waals surface area contributed by atoms with E-state index in [-0.39, 0.29) is 0 Å². The van der Waals surface area contributed by atoms with E-state index < -0.39 is 23.4 Å². The maximum absolute atomic E-state index is 11.6. The first-order chi connectivity index (χ1) is 8.59. The Labute approximate surface area is 103 Å². The molecule has 0 aliphatic rings. The minimum atomic E-state index is -0.810. The van der Waals surface area contributed by atoms with Gasteiger partial charge in [-0.3, -0.25) is 14.3 Å². The molecule has 0 saturated carbocycles. The second kappa shape index (κ2) is 5.01. The molecule has 18 heavy (non-hydrogen) atoms. The molecule has 5 heteroatoms. The Bertz CT molecular complexity index is 630. The average molecular weight is 246 g/mol. The predicted octanol–water partition coefficient (Wildman–Crippen LogP) is 0.831. The van der Waals surface area contributed by atoms with Crippen molar-refractivity contribution < 1.29 is 5.11 Å². The average Bonchev–Trinajstić information content (AvgIpc) is 2.38. The molecule has 2 aromatic rings. The smallest absolute Gasteiger partial charge is 0.328 e. The van der Waals surface area contributed by atoms with Crippen LogP contribution in [0.2, 0.25) is 0 Å². The molecule has 0 fully saturated rings. The highest BCUT2D eigenvalue weighted by Crippen LogP contribution is 2.23. The predicted molar refractivity (Wildman–Crippen MR) is 67.4 cm³/mol. The van der Waals surface area contributed by atoms with Gasteiger partial charge in [0.2, 0.25) is 0 Å². The second-order valence-corrected chi connectivity index (χ2v) is 4.11. The van der Waals surface area contributed by atoms with E-state index in [1.54, 1.807) is 19.1 Å². The number of hydrogen-bond donors (Lipinski definition) is 2. The number of hydrogen-bond acceptors (Lipinski definition) is 3. The largest absolute Gasteiger partial charge is 0.386 e. The van der Waals surface area contributed by atoms with Gasteiger partial charge in [0.15, 0.2) is 0 Å². The van der Waals surface area contributed by atoms with Gasteiger partial charge in [-0.2, -0.15) is 0 Å². The normalized spacial score (nSPS) is 14.1. The standard InChI is InChI=1S/C13H14N2O3/c1-9(12(17)10-5-3-2-4-6-10)15-8-7-11(16)14-13(15)18/h2-9,12,17H,1H3,(H,14,16,18)/t9-,12-/m0/s1. The lowest BCUT2D eigenvalue weighted by molar-refractivity contribution is 0.119. The molecular weight excluding hydrogens is 232 g/mol. The van der Waals surface area contributed by atoms with Gasteiger partial charge in [-0.15, -0.1) is 0 Å². The summed E-state index contributed by atoms with van der Waals surface area (Å²) in [5.41, 5.74) is -0.245. The Morgan fingerprint density at radius 2 is 1.83 bits per heavy atom. The number of rotatable bonds is 3. The number of aliphatic hydroxyl groups excluding tert-OH is 1. The van der Waals surface area contributed by atoms with Gasteiger partial charge in [-0.1, -0.05) is 30.3 Å². The summed E-state index contributed by atoms with van der Waals surface area (Å²) in [5, 5.41) is 10.2. The Hall–Kier alpha value is -2.14. The molecule has 94 valence electrons. The summed E-state index contributed by atoms with van der Waals surface area (Å²) in [6.07, 6.45) is 0.577. The zero-order valence-corrected chi connectivity index (χ0v) is 9.91. The third-order valence-electron chi connectivity index (χ3n) is 2.89. The van der Waals surface area contributed by atoms with Crippen molar-refractivity contribution in [2.75, 3.05) is 0 Å². The molecule has 0 unspecified atom stereocenters. The number of aliphatic hydroxyl groups is 1. The van der Waals surface area contributed by atoms with Crippen LogP contribution in [0.15, 0.2) is 52.2 Å². The molecule has 2 rings (SSSR count). The van der Waals surface area contributed by atoms with Gasteiger partial charge in [-0.25, -0.2) is 4.79 Å². The van der Waals surface area contributed by atoms with Crippen molar-refractivity contribution in [3.05, 3.63) is 69.0 Å². The maximum Gasteiger partial charge on any atom is 0.328 e. The minimum absolute atomic E-state index is 0.447. The molecule has 0 radical (unpaired) electrons. The van der Waals surface area contributed by atoms with E-state index in [0.29, 0.717) is 0 Å². The van der Waals surface area contributed by atoms with E-state index in [1.165, 1.54) is 16.8 Å². The van der Waals surface area contributed by atoms with Crippen LogP contribution < -0.4 is 11.2 Å². The SMILES string of the molecule is C[C@@H]([C@H](O)c1ccccc1)n1ccc(=O)[nH]c1=O. The molecule has 0 aliphatic carbocycles. The van der Waals surface area contributed by atoms with Crippen LogP contribution >= 0.6 is 0 Å². The second-order valence-electron chi connectivity index (χ2n) is 4.11. The first-order valence-electron chi connectivity index (χ1n) is 5.64. The van der Waals surface area contributed by atoms with Crippen molar-refractivity contribution in [2.24, 2.45) is 0 Å². The fourth-order valence-corrected chi connectivity index (χ4v) is 1.83. The lowest BCUT2D eigenvalue weighted by Crippen LogP contribution is -2.32. The molecular formula is C13H14N2O3. The lowest BCUT2D eigenvalue weighted by atomic mass is 10.0. The van der Waals surface area contributed by atoms with Crippen molar-refractivity contribution in [3.63, 3.8) is 0 Å². The summed E-state index contributed by atoms with van der Waals surface area (Å²) in [4.78, 5) is 24.8. The van der Waals surface area contributed by atoms with E-state index in [4.69, 9.17) is 0 Å². The maximum atomic E-state index is 11.6. The Morgan fingerprint density at radius 1 is 1.17 bits per heavy atom. The van der Waals surface area contributed by atoms with E-state index in [9.17, 15) is 14.7 Å². The summed E-state index contributed by atoms with van der Waals surface area (Å²) in [7, 11) is 0. The summed E-state index contributed by atoms with van der Waals surface area (Å²) < 4.78 is 1.30. The monoisotopic (exact) mass is 246 g/mol. The Balaban J connectivity index is 2.34. The fraction of sp³-hybridized carbons (Fsp3) is 0.231. The zero-order valence-electron chi connectivity index (χ0n) is 9.91. The highest BCUT2D eigenvalue weighted by atomic mass is 16.3. The summed E-state index contributed by atoms with van der Waals surface area (Å²) in [5.74, 6) is 0. The van der Waals surface area contributed by atoms with Gasteiger partial charge >= 0.3 is 5.69 Å². The van der Waals surface area contributed by atoms with Gasteiger partial charge in [0, 0.05) is 12.3 Å². The van der Waals surface area contributed by atoms with Crippen LogP contribution in [-0.4, -0.2) is 14.7 Å². The van der Waals surface area contributed by atoms with Gasteiger partial charge in [-0.05, 0) is 12.5 Å². The van der Waals surface area contributed by atoms with Crippen LogP contribution in [0.25, 0.3) is 0 Å². The summed E-state index contributed by atoms with van der Waals surface area (Å²) in [6.45, 7) is 1.72. The number of nitrogens with one attached hydrogen (secondary N) is 1. The van der Waals surface area contributed by atoms with Gasteiger partial charge < -0.3 is 5.11 Å². The van der Waals surface area contributed by atoms with E-state index >= 15 is 0 Å². The van der Waals surface area contributed by atoms with Crippen molar-refractivity contribution >= 4 is 0 Å². The number of nitrogens with zero attached hydrogens (tertiary/aromatic N) is 1. The molecule has 5 nitrogen and oxygen atoms in total. The number of aromatic nitrogens is 2. The first kappa shape index (κ1) is 12.3. The topological polar surface area (TPSA) is 75.1 Å². The van der Waals surface area contributed by atoms with Gasteiger partial charge in [0.1, 0.15) is 0 Å². The van der Waals surface area contributed by atoms with Crippen LogP contribution in [-0.2, 0) is 0 Å². The minimum Gasteiger partial charge on any atom is -0.386 e. The van der Waals surface area contributed by atoms with E-state index in [1.807, 2.05) is 18.2 Å². The van der Waals surface area contributed by atoms with Crippen molar-refractivity contribution in [1.82, 2.24) is 9.55 Å². The van der Waals surface area contributed by atoms with Gasteiger partial charge in [0.05, 0.1) is 12.1 Å². The molecule has 0 saturated heterocycles. The Morgan fingerprint density at radius 3 is 2.44 bits per heavy atom. The molecule has 0 bridgehead atoms. The highest BCUT2D eigenvalue weighted by molar-refractivity contribution is 5.18. The molecule has 0 aliphatic heterocycles. The Kier molecular flexibility index (Phi) is 3.43. The molecule has 0 spiro atoms. The lowest BCUT2D eigenvalue weighted by Gasteiger charge is -2.21. The molecule has 2 N–H and O–H groups in total. The number of benzene rings is 1. The molecule has 1 heterocycles. The van der Waals surface area contributed by atoms with Crippen LogP contribution in [0.3, 0.4) is 0 Å².